The summed E-state index contributed by atoms with van der Waals surface area (Å²) in [5.41, 5.74) is 10.3. The number of carbonyl (C=O) groups is 1. The highest BCUT2D eigenvalue weighted by molar-refractivity contribution is 5.76. The van der Waals surface area contributed by atoms with Gasteiger partial charge in [-0.3, -0.25) is 9.78 Å². The number of nitrogens with two attached hydrogens (primary N) is 2. The Morgan fingerprint density at radius 1 is 1.25 bits per heavy atom. The summed E-state index contributed by atoms with van der Waals surface area (Å²) in [5.74, 6) is -3.02. The number of ether oxygens (including phenoxy) is 1. The van der Waals surface area contributed by atoms with Gasteiger partial charge in [0.05, 0.1) is 17.8 Å². The van der Waals surface area contributed by atoms with Gasteiger partial charge in [-0.1, -0.05) is 0 Å². The first-order valence-electron chi connectivity index (χ1n) is 5.62. The number of amides is 1. The third-order valence-electron chi connectivity index (χ3n) is 2.45. The molecular weight excluding hydrogens is 268 g/mol. The van der Waals surface area contributed by atoms with Crippen molar-refractivity contribution < 1.29 is 18.3 Å². The quantitative estimate of drug-likeness (QED) is 0.834. The average molecular weight is 279 g/mol. The molecule has 0 saturated heterocycles. The van der Waals surface area contributed by atoms with E-state index in [1.807, 2.05) is 0 Å². The van der Waals surface area contributed by atoms with Crippen molar-refractivity contribution in [3.05, 3.63) is 47.8 Å². The highest BCUT2D eigenvalue weighted by Crippen LogP contribution is 2.28. The number of anilines is 1. The minimum absolute atomic E-state index is 0.0736. The van der Waals surface area contributed by atoms with E-state index in [-0.39, 0.29) is 23.6 Å². The Labute approximate surface area is 113 Å². The Balaban J connectivity index is 2.26. The number of nitrogens with zero attached hydrogens (tertiary/aromatic N) is 1. The molecule has 4 N–H and O–H groups in total. The number of carbonyl (C=O) groups excluding carboxylic acids is 1. The summed E-state index contributed by atoms with van der Waals surface area (Å²) in [5, 5.41) is 0. The molecule has 1 aromatic carbocycles. The number of hydrogen-bond donors (Lipinski definition) is 2. The van der Waals surface area contributed by atoms with E-state index in [1.165, 1.54) is 30.5 Å². The zero-order chi connectivity index (χ0) is 14.7. The molecule has 0 saturated carbocycles. The SMILES string of the molecule is NC(=O)Cc1cc(Oc2ccc(N)c(F)c2F)ccn1. The number of hydrogen-bond acceptors (Lipinski definition) is 4. The highest BCUT2D eigenvalue weighted by Gasteiger charge is 2.13. The number of nitrogen functional groups attached to an aromatic ring is 1. The van der Waals surface area contributed by atoms with Gasteiger partial charge in [0.25, 0.3) is 0 Å². The summed E-state index contributed by atoms with van der Waals surface area (Å²) in [6, 6.07) is 5.26. The molecule has 1 aromatic heterocycles. The standard InChI is InChI=1S/C13H11F2N3O2/c14-12-9(16)1-2-10(13(12)15)20-8-3-4-18-7(5-8)6-11(17)19/h1-5H,6,16H2,(H2,17,19). The largest absolute Gasteiger partial charge is 0.454 e. The lowest BCUT2D eigenvalue weighted by Gasteiger charge is -2.09. The van der Waals surface area contributed by atoms with E-state index in [2.05, 4.69) is 4.98 Å². The summed E-state index contributed by atoms with van der Waals surface area (Å²) < 4.78 is 32.1. The summed E-state index contributed by atoms with van der Waals surface area (Å²) in [7, 11) is 0. The van der Waals surface area contributed by atoms with Gasteiger partial charge >= 0.3 is 0 Å². The molecule has 0 atom stereocenters. The zero-order valence-corrected chi connectivity index (χ0v) is 10.3. The molecule has 2 aromatic rings. The number of pyridine rings is 1. The summed E-state index contributed by atoms with van der Waals surface area (Å²) >= 11 is 0. The van der Waals surface area contributed by atoms with Gasteiger partial charge in [-0.25, -0.2) is 4.39 Å². The molecule has 104 valence electrons. The molecule has 0 radical (unpaired) electrons. The van der Waals surface area contributed by atoms with Crippen LogP contribution >= 0.6 is 0 Å². The molecule has 2 rings (SSSR count). The Kier molecular flexibility index (Phi) is 3.79. The monoisotopic (exact) mass is 279 g/mol. The van der Waals surface area contributed by atoms with Crippen LogP contribution in [0, 0.1) is 11.6 Å². The van der Waals surface area contributed by atoms with Crippen LogP contribution in [0.5, 0.6) is 11.5 Å². The summed E-state index contributed by atoms with van der Waals surface area (Å²) in [6.45, 7) is 0. The third-order valence-corrected chi connectivity index (χ3v) is 2.45. The van der Waals surface area contributed by atoms with E-state index < -0.39 is 17.5 Å². The fourth-order valence-corrected chi connectivity index (χ4v) is 1.55. The molecule has 0 bridgehead atoms. The maximum Gasteiger partial charge on any atom is 0.223 e. The first-order valence-corrected chi connectivity index (χ1v) is 5.62. The number of benzene rings is 1. The van der Waals surface area contributed by atoms with Crippen molar-refractivity contribution in [2.75, 3.05) is 5.73 Å². The van der Waals surface area contributed by atoms with Crippen molar-refractivity contribution in [3.63, 3.8) is 0 Å². The van der Waals surface area contributed by atoms with Gasteiger partial charge < -0.3 is 16.2 Å². The van der Waals surface area contributed by atoms with E-state index in [0.717, 1.165) is 0 Å². The van der Waals surface area contributed by atoms with Crippen LogP contribution in [0.25, 0.3) is 0 Å². The minimum atomic E-state index is -1.18. The molecule has 0 fully saturated rings. The lowest BCUT2D eigenvalue weighted by Crippen LogP contribution is -2.14. The smallest absolute Gasteiger partial charge is 0.223 e. The van der Waals surface area contributed by atoms with Crippen LogP contribution in [0.2, 0.25) is 0 Å². The topological polar surface area (TPSA) is 91.2 Å². The molecule has 20 heavy (non-hydrogen) atoms. The normalized spacial score (nSPS) is 10.3. The molecule has 0 spiro atoms. The summed E-state index contributed by atoms with van der Waals surface area (Å²) in [4.78, 5) is 14.7. The molecule has 5 nitrogen and oxygen atoms in total. The zero-order valence-electron chi connectivity index (χ0n) is 10.3. The van der Waals surface area contributed by atoms with Crippen LogP contribution < -0.4 is 16.2 Å². The highest BCUT2D eigenvalue weighted by atomic mass is 19.2. The maximum atomic E-state index is 13.6. The molecule has 1 amide bonds. The number of halogens is 2. The average Bonchev–Trinajstić information content (AvgIpc) is 2.39. The fourth-order valence-electron chi connectivity index (χ4n) is 1.55. The minimum Gasteiger partial charge on any atom is -0.454 e. The van der Waals surface area contributed by atoms with E-state index in [9.17, 15) is 13.6 Å². The van der Waals surface area contributed by atoms with Crippen LogP contribution in [0.1, 0.15) is 5.69 Å². The molecule has 0 aliphatic heterocycles. The molecule has 7 heteroatoms. The van der Waals surface area contributed by atoms with Crippen molar-refractivity contribution in [1.29, 1.82) is 0 Å². The lowest BCUT2D eigenvalue weighted by atomic mass is 10.2. The second kappa shape index (κ2) is 5.52. The Morgan fingerprint density at radius 2 is 2.00 bits per heavy atom. The van der Waals surface area contributed by atoms with Gasteiger partial charge in [0.15, 0.2) is 11.6 Å². The number of rotatable bonds is 4. The van der Waals surface area contributed by atoms with Gasteiger partial charge in [0, 0.05) is 12.3 Å². The van der Waals surface area contributed by atoms with Crippen molar-refractivity contribution in [1.82, 2.24) is 4.98 Å². The molecule has 0 aliphatic carbocycles. The van der Waals surface area contributed by atoms with Gasteiger partial charge in [-0.2, -0.15) is 4.39 Å². The lowest BCUT2D eigenvalue weighted by molar-refractivity contribution is -0.117. The van der Waals surface area contributed by atoms with Crippen LogP contribution in [0.15, 0.2) is 30.5 Å². The predicted octanol–water partition coefficient (Wildman–Crippen LogP) is 1.76. The number of aromatic nitrogens is 1. The molecule has 0 aliphatic rings. The third kappa shape index (κ3) is 3.00. The van der Waals surface area contributed by atoms with E-state index in [1.54, 1.807) is 0 Å². The van der Waals surface area contributed by atoms with Gasteiger partial charge in [-0.05, 0) is 18.2 Å². The first kappa shape index (κ1) is 13.7. The molecule has 1 heterocycles. The van der Waals surface area contributed by atoms with Crippen molar-refractivity contribution in [2.45, 2.75) is 6.42 Å². The van der Waals surface area contributed by atoms with Crippen LogP contribution in [-0.4, -0.2) is 10.9 Å². The van der Waals surface area contributed by atoms with E-state index in [0.29, 0.717) is 5.69 Å². The molecule has 0 unspecified atom stereocenters. The summed E-state index contributed by atoms with van der Waals surface area (Å²) in [6.07, 6.45) is 1.30. The Morgan fingerprint density at radius 3 is 2.70 bits per heavy atom. The second-order valence-corrected chi connectivity index (χ2v) is 4.01. The predicted molar refractivity (Wildman–Crippen MR) is 68.0 cm³/mol. The van der Waals surface area contributed by atoms with Gasteiger partial charge in [-0.15, -0.1) is 0 Å². The van der Waals surface area contributed by atoms with Crippen molar-refractivity contribution >= 4 is 11.6 Å². The number of primary amides is 1. The Bertz CT molecular complexity index is 662. The van der Waals surface area contributed by atoms with Crippen LogP contribution in [0.3, 0.4) is 0 Å². The fraction of sp³-hybridized carbons (Fsp3) is 0.0769. The van der Waals surface area contributed by atoms with Crippen molar-refractivity contribution in [2.24, 2.45) is 5.73 Å². The first-order chi connectivity index (χ1) is 9.47. The molecular formula is C13H11F2N3O2. The van der Waals surface area contributed by atoms with Crippen LogP contribution in [-0.2, 0) is 11.2 Å². The van der Waals surface area contributed by atoms with E-state index >= 15 is 0 Å². The van der Waals surface area contributed by atoms with Crippen LogP contribution in [0.4, 0.5) is 14.5 Å². The van der Waals surface area contributed by atoms with Gasteiger partial charge in [0.2, 0.25) is 11.7 Å². The van der Waals surface area contributed by atoms with E-state index in [4.69, 9.17) is 16.2 Å². The second-order valence-electron chi connectivity index (χ2n) is 4.01. The van der Waals surface area contributed by atoms with Crippen molar-refractivity contribution in [3.8, 4) is 11.5 Å². The van der Waals surface area contributed by atoms with Gasteiger partial charge in [0.1, 0.15) is 5.75 Å². The maximum absolute atomic E-state index is 13.6. The Hall–Kier alpha value is -2.70.